The van der Waals surface area contributed by atoms with Gasteiger partial charge in [0.25, 0.3) is 5.91 Å². The number of ether oxygens (including phenoxy) is 1. The highest BCUT2D eigenvalue weighted by atomic mass is 16.5. The van der Waals surface area contributed by atoms with E-state index in [4.69, 9.17) is 9.94 Å². The van der Waals surface area contributed by atoms with E-state index in [0.717, 1.165) is 37.0 Å². The molecule has 4 saturated carbocycles. The zero-order chi connectivity index (χ0) is 18.9. The average Bonchev–Trinajstić information content (AvgIpc) is 2.64. The lowest BCUT2D eigenvalue weighted by atomic mass is 9.51. The van der Waals surface area contributed by atoms with Gasteiger partial charge in [0.15, 0.2) is 0 Å². The van der Waals surface area contributed by atoms with Gasteiger partial charge in [-0.05, 0) is 74.5 Å². The molecule has 1 aromatic rings. The van der Waals surface area contributed by atoms with E-state index < -0.39 is 5.91 Å². The molecule has 5 nitrogen and oxygen atoms in total. The Morgan fingerprint density at radius 2 is 1.93 bits per heavy atom. The predicted molar refractivity (Wildman–Crippen MR) is 104 cm³/mol. The van der Waals surface area contributed by atoms with Gasteiger partial charge >= 0.3 is 0 Å². The number of nitrogens with one attached hydrogen (secondary N) is 2. The lowest BCUT2D eigenvalue weighted by molar-refractivity contribution is -0.173. The molecule has 3 N–H and O–H groups in total. The van der Waals surface area contributed by atoms with Crippen molar-refractivity contribution in [1.82, 2.24) is 10.8 Å². The van der Waals surface area contributed by atoms with Crippen LogP contribution in [0.4, 0.5) is 0 Å². The predicted octanol–water partition coefficient (Wildman–Crippen LogP) is 3.42. The molecule has 0 saturated heterocycles. The molecule has 4 fully saturated rings. The Hall–Kier alpha value is -1.69. The molecule has 5 heteroatoms. The molecule has 4 aliphatic rings. The van der Waals surface area contributed by atoms with Gasteiger partial charge in [0.2, 0.25) is 0 Å². The van der Waals surface area contributed by atoms with Crippen molar-refractivity contribution in [2.75, 3.05) is 6.61 Å². The van der Waals surface area contributed by atoms with Crippen molar-refractivity contribution in [1.29, 1.82) is 0 Å². The summed E-state index contributed by atoms with van der Waals surface area (Å²) in [6, 6.07) is 8.20. The zero-order valence-electron chi connectivity index (χ0n) is 16.0. The van der Waals surface area contributed by atoms with Crippen LogP contribution in [-0.4, -0.2) is 28.9 Å². The van der Waals surface area contributed by atoms with Crippen molar-refractivity contribution in [3.8, 4) is 0 Å². The van der Waals surface area contributed by atoms with Gasteiger partial charge in [-0.3, -0.25) is 10.0 Å². The molecular weight excluding hydrogens is 340 g/mol. The summed E-state index contributed by atoms with van der Waals surface area (Å²) >= 11 is 0. The molecule has 5 rings (SSSR count). The van der Waals surface area contributed by atoms with Gasteiger partial charge in [-0.1, -0.05) is 24.3 Å². The Bertz CT molecular complexity index is 699. The third kappa shape index (κ3) is 3.96. The summed E-state index contributed by atoms with van der Waals surface area (Å²) < 4.78 is 6.29. The number of hydroxylamine groups is 1. The molecule has 0 radical (unpaired) electrons. The van der Waals surface area contributed by atoms with Gasteiger partial charge in [-0.2, -0.15) is 0 Å². The highest BCUT2D eigenvalue weighted by molar-refractivity contribution is 5.90. The monoisotopic (exact) mass is 370 g/mol. The summed E-state index contributed by atoms with van der Waals surface area (Å²) in [5, 5.41) is 12.4. The summed E-state index contributed by atoms with van der Waals surface area (Å²) in [4.78, 5) is 11.1. The maximum atomic E-state index is 11.1. The molecule has 0 aliphatic heterocycles. The third-order valence-corrected chi connectivity index (χ3v) is 6.64. The van der Waals surface area contributed by atoms with Crippen LogP contribution in [-0.2, 0) is 16.1 Å². The van der Waals surface area contributed by atoms with Gasteiger partial charge in [0.1, 0.15) is 0 Å². The quantitative estimate of drug-likeness (QED) is 0.391. The topological polar surface area (TPSA) is 70.6 Å². The summed E-state index contributed by atoms with van der Waals surface area (Å²) in [6.07, 6.45) is 10.6. The molecule has 2 atom stereocenters. The van der Waals surface area contributed by atoms with Crippen LogP contribution in [0.2, 0.25) is 0 Å². The van der Waals surface area contributed by atoms with Crippen LogP contribution in [0.5, 0.6) is 0 Å². The summed E-state index contributed by atoms with van der Waals surface area (Å²) in [6.45, 7) is 3.81. The number of hydrogen-bond acceptors (Lipinski definition) is 4. The van der Waals surface area contributed by atoms with Crippen LogP contribution in [0.15, 0.2) is 30.3 Å². The Balaban J connectivity index is 1.40. The van der Waals surface area contributed by atoms with Gasteiger partial charge in [-0.25, -0.2) is 5.48 Å². The minimum Gasteiger partial charge on any atom is -0.375 e. The molecule has 1 amide bonds. The van der Waals surface area contributed by atoms with E-state index in [-0.39, 0.29) is 11.1 Å². The van der Waals surface area contributed by atoms with E-state index in [1.54, 1.807) is 11.6 Å². The van der Waals surface area contributed by atoms with Crippen molar-refractivity contribution >= 4 is 12.0 Å². The van der Waals surface area contributed by atoms with Crippen LogP contribution in [0.25, 0.3) is 6.08 Å². The Labute approximate surface area is 161 Å². The Kier molecular flexibility index (Phi) is 5.10. The molecule has 0 spiro atoms. The van der Waals surface area contributed by atoms with Gasteiger partial charge < -0.3 is 10.1 Å². The van der Waals surface area contributed by atoms with Crippen LogP contribution in [0.1, 0.15) is 56.6 Å². The Morgan fingerprint density at radius 1 is 1.22 bits per heavy atom. The van der Waals surface area contributed by atoms with Crippen LogP contribution in [0, 0.1) is 11.8 Å². The highest BCUT2D eigenvalue weighted by Gasteiger charge is 2.58. The first-order chi connectivity index (χ1) is 13.0. The largest absolute Gasteiger partial charge is 0.375 e. The van der Waals surface area contributed by atoms with E-state index in [9.17, 15) is 4.79 Å². The van der Waals surface area contributed by atoms with E-state index in [2.05, 4.69) is 24.4 Å². The molecule has 2 unspecified atom stereocenters. The number of carbonyl (C=O) groups is 1. The second kappa shape index (κ2) is 7.38. The standard InChI is InChI=1S/C22H30N2O3/c1-2-27-22-12-18-9-19(13-22)11-21(10-18,15-22)23-14-17-5-3-16(4-6-17)7-8-20(25)24-26/h3-8,18-19,23,26H,2,9-15H2,1H3,(H,24,25). The Morgan fingerprint density at radius 3 is 2.56 bits per heavy atom. The normalized spacial score (nSPS) is 34.3. The van der Waals surface area contributed by atoms with Crippen molar-refractivity contribution < 1.29 is 14.7 Å². The SMILES string of the molecule is CCOC12CC3CC(CC(NCc4ccc(C=CC(=O)NO)cc4)(C3)C1)C2. The number of amides is 1. The maximum absolute atomic E-state index is 11.1. The van der Waals surface area contributed by atoms with Crippen LogP contribution in [0.3, 0.4) is 0 Å². The van der Waals surface area contributed by atoms with Gasteiger partial charge in [0, 0.05) is 24.8 Å². The smallest absolute Gasteiger partial charge is 0.267 e. The average molecular weight is 370 g/mol. The first-order valence-electron chi connectivity index (χ1n) is 10.1. The second-order valence-corrected chi connectivity index (χ2v) is 8.76. The maximum Gasteiger partial charge on any atom is 0.267 e. The minimum atomic E-state index is -0.522. The first kappa shape index (κ1) is 18.7. The van der Waals surface area contributed by atoms with Gasteiger partial charge in [0.05, 0.1) is 5.60 Å². The molecule has 4 bridgehead atoms. The fourth-order valence-corrected chi connectivity index (χ4v) is 6.11. The van der Waals surface area contributed by atoms with Crippen molar-refractivity contribution in [3.63, 3.8) is 0 Å². The number of carbonyl (C=O) groups excluding carboxylic acids is 1. The summed E-state index contributed by atoms with van der Waals surface area (Å²) in [7, 11) is 0. The fourth-order valence-electron chi connectivity index (χ4n) is 6.11. The molecule has 4 aliphatic carbocycles. The lowest BCUT2D eigenvalue weighted by Gasteiger charge is -2.62. The molecule has 0 aromatic heterocycles. The number of rotatable bonds is 7. The second-order valence-electron chi connectivity index (χ2n) is 8.76. The fraction of sp³-hybridized carbons (Fsp3) is 0.591. The lowest BCUT2D eigenvalue weighted by Crippen LogP contribution is -2.65. The van der Waals surface area contributed by atoms with Gasteiger partial charge in [-0.15, -0.1) is 0 Å². The molecule has 146 valence electrons. The van der Waals surface area contributed by atoms with Crippen LogP contribution >= 0.6 is 0 Å². The van der Waals surface area contributed by atoms with Crippen molar-refractivity contribution in [2.24, 2.45) is 11.8 Å². The minimum absolute atomic E-state index is 0.119. The molecule has 27 heavy (non-hydrogen) atoms. The van der Waals surface area contributed by atoms with Crippen molar-refractivity contribution in [3.05, 3.63) is 41.5 Å². The van der Waals surface area contributed by atoms with E-state index in [0.29, 0.717) is 0 Å². The molecular formula is C22H30N2O3. The number of benzene rings is 1. The first-order valence-corrected chi connectivity index (χ1v) is 10.1. The van der Waals surface area contributed by atoms with E-state index in [1.165, 1.54) is 43.7 Å². The van der Waals surface area contributed by atoms with E-state index in [1.807, 2.05) is 12.1 Å². The van der Waals surface area contributed by atoms with Crippen LogP contribution < -0.4 is 10.8 Å². The van der Waals surface area contributed by atoms with E-state index >= 15 is 0 Å². The summed E-state index contributed by atoms with van der Waals surface area (Å²) in [5.41, 5.74) is 4.14. The zero-order valence-corrected chi connectivity index (χ0v) is 16.0. The molecule has 1 aromatic carbocycles. The highest BCUT2D eigenvalue weighted by Crippen LogP contribution is 2.58. The summed E-state index contributed by atoms with van der Waals surface area (Å²) in [5.74, 6) is 1.11. The number of hydrogen-bond donors (Lipinski definition) is 3. The van der Waals surface area contributed by atoms with Crippen molar-refractivity contribution in [2.45, 2.75) is 63.1 Å². The third-order valence-electron chi connectivity index (χ3n) is 6.64. The molecule has 0 heterocycles.